The first-order valence-electron chi connectivity index (χ1n) is 4.60. The number of hydrogen-bond donors (Lipinski definition) is 0. The molecule has 1 aliphatic heterocycles. The van der Waals surface area contributed by atoms with E-state index in [4.69, 9.17) is 9.47 Å². The standard InChI is InChI=1S/C10H12O4S/c1-15(11,12)10-4-2-8(3-5-10)13-6-9-7-14-9/h2-5,9H,6-7H2,1H3/t9-/m1/s1. The van der Waals surface area contributed by atoms with Gasteiger partial charge in [0.1, 0.15) is 18.5 Å². The first-order valence-corrected chi connectivity index (χ1v) is 6.49. The third-order valence-corrected chi connectivity index (χ3v) is 3.22. The van der Waals surface area contributed by atoms with Gasteiger partial charge in [-0.3, -0.25) is 0 Å². The molecular weight excluding hydrogens is 216 g/mol. The van der Waals surface area contributed by atoms with Crippen LogP contribution < -0.4 is 4.74 Å². The third kappa shape index (κ3) is 2.94. The molecule has 15 heavy (non-hydrogen) atoms. The highest BCUT2D eigenvalue weighted by Gasteiger charge is 2.23. The van der Waals surface area contributed by atoms with Crippen molar-refractivity contribution in [2.24, 2.45) is 0 Å². The summed E-state index contributed by atoms with van der Waals surface area (Å²) in [5.74, 6) is 0.665. The fourth-order valence-electron chi connectivity index (χ4n) is 1.14. The molecule has 0 aliphatic carbocycles. The predicted molar refractivity (Wildman–Crippen MR) is 54.8 cm³/mol. The van der Waals surface area contributed by atoms with Crippen molar-refractivity contribution < 1.29 is 17.9 Å². The van der Waals surface area contributed by atoms with E-state index in [1.807, 2.05) is 0 Å². The van der Waals surface area contributed by atoms with Crippen LogP contribution in [0.4, 0.5) is 0 Å². The van der Waals surface area contributed by atoms with E-state index >= 15 is 0 Å². The smallest absolute Gasteiger partial charge is 0.175 e. The average Bonchev–Trinajstić information content (AvgIpc) is 2.97. The van der Waals surface area contributed by atoms with Crippen LogP contribution in [-0.4, -0.2) is 34.0 Å². The molecular formula is C10H12O4S. The lowest BCUT2D eigenvalue weighted by Gasteiger charge is -2.04. The molecule has 1 aromatic rings. The van der Waals surface area contributed by atoms with Crippen LogP contribution in [0.3, 0.4) is 0 Å². The summed E-state index contributed by atoms with van der Waals surface area (Å²) in [6.07, 6.45) is 1.39. The van der Waals surface area contributed by atoms with Gasteiger partial charge in [-0.2, -0.15) is 0 Å². The zero-order valence-electron chi connectivity index (χ0n) is 8.34. The van der Waals surface area contributed by atoms with Gasteiger partial charge < -0.3 is 9.47 Å². The Balaban J connectivity index is 2.02. The van der Waals surface area contributed by atoms with E-state index in [9.17, 15) is 8.42 Å². The van der Waals surface area contributed by atoms with Crippen molar-refractivity contribution in [3.63, 3.8) is 0 Å². The molecule has 2 rings (SSSR count). The van der Waals surface area contributed by atoms with E-state index in [1.165, 1.54) is 6.26 Å². The Morgan fingerprint density at radius 1 is 1.40 bits per heavy atom. The highest BCUT2D eigenvalue weighted by molar-refractivity contribution is 7.90. The molecule has 1 aliphatic rings. The lowest BCUT2D eigenvalue weighted by molar-refractivity contribution is 0.263. The topological polar surface area (TPSA) is 55.9 Å². The number of epoxide rings is 1. The lowest BCUT2D eigenvalue weighted by atomic mass is 10.3. The molecule has 0 amide bonds. The molecule has 5 heteroatoms. The third-order valence-electron chi connectivity index (χ3n) is 2.09. The highest BCUT2D eigenvalue weighted by Crippen LogP contribution is 2.17. The SMILES string of the molecule is CS(=O)(=O)c1ccc(OC[C@@H]2CO2)cc1. The summed E-state index contributed by atoms with van der Waals surface area (Å²) >= 11 is 0. The second kappa shape index (κ2) is 3.83. The fourth-order valence-corrected chi connectivity index (χ4v) is 1.77. The number of benzene rings is 1. The largest absolute Gasteiger partial charge is 0.491 e. The number of ether oxygens (including phenoxy) is 2. The second-order valence-electron chi connectivity index (χ2n) is 3.51. The van der Waals surface area contributed by atoms with E-state index in [2.05, 4.69) is 0 Å². The van der Waals surface area contributed by atoms with Gasteiger partial charge >= 0.3 is 0 Å². The van der Waals surface area contributed by atoms with E-state index in [1.54, 1.807) is 24.3 Å². The van der Waals surface area contributed by atoms with Gasteiger partial charge in [-0.05, 0) is 24.3 Å². The van der Waals surface area contributed by atoms with Crippen molar-refractivity contribution in [3.05, 3.63) is 24.3 Å². The van der Waals surface area contributed by atoms with E-state index in [-0.39, 0.29) is 6.10 Å². The molecule has 1 fully saturated rings. The van der Waals surface area contributed by atoms with Crippen LogP contribution in [0.15, 0.2) is 29.2 Å². The minimum atomic E-state index is -3.12. The van der Waals surface area contributed by atoms with Crippen LogP contribution >= 0.6 is 0 Å². The molecule has 0 unspecified atom stereocenters. The van der Waals surface area contributed by atoms with Gasteiger partial charge in [-0.25, -0.2) is 8.42 Å². The minimum absolute atomic E-state index is 0.208. The Bertz CT molecular complexity index is 431. The number of rotatable bonds is 4. The maximum absolute atomic E-state index is 11.2. The zero-order chi connectivity index (χ0) is 10.9. The molecule has 4 nitrogen and oxygen atoms in total. The summed E-state index contributed by atoms with van der Waals surface area (Å²) in [5.41, 5.74) is 0. The van der Waals surface area contributed by atoms with Gasteiger partial charge in [0.05, 0.1) is 11.5 Å². The average molecular weight is 228 g/mol. The first-order chi connectivity index (χ1) is 7.05. The molecule has 1 atom stereocenters. The van der Waals surface area contributed by atoms with Crippen LogP contribution in [-0.2, 0) is 14.6 Å². The quantitative estimate of drug-likeness (QED) is 0.717. The van der Waals surface area contributed by atoms with Crippen LogP contribution in [0.5, 0.6) is 5.75 Å². The van der Waals surface area contributed by atoms with Crippen molar-refractivity contribution in [1.29, 1.82) is 0 Å². The highest BCUT2D eigenvalue weighted by atomic mass is 32.2. The van der Waals surface area contributed by atoms with Crippen LogP contribution in [0.2, 0.25) is 0 Å². The summed E-state index contributed by atoms with van der Waals surface area (Å²) in [6.45, 7) is 1.28. The fraction of sp³-hybridized carbons (Fsp3) is 0.400. The number of hydrogen-bond acceptors (Lipinski definition) is 4. The van der Waals surface area contributed by atoms with Gasteiger partial charge in [0.25, 0.3) is 0 Å². The van der Waals surface area contributed by atoms with Gasteiger partial charge in [-0.15, -0.1) is 0 Å². The molecule has 0 spiro atoms. The Hall–Kier alpha value is -1.07. The minimum Gasteiger partial charge on any atom is -0.491 e. The van der Waals surface area contributed by atoms with Gasteiger partial charge in [0.2, 0.25) is 0 Å². The van der Waals surface area contributed by atoms with Crippen molar-refractivity contribution in [1.82, 2.24) is 0 Å². The molecule has 0 saturated carbocycles. The van der Waals surface area contributed by atoms with Crippen LogP contribution in [0, 0.1) is 0 Å². The first kappa shape index (κ1) is 10.4. The van der Waals surface area contributed by atoms with Gasteiger partial charge in [0.15, 0.2) is 9.84 Å². The Labute approximate surface area is 88.7 Å². The van der Waals surface area contributed by atoms with Crippen molar-refractivity contribution in [2.45, 2.75) is 11.0 Å². The summed E-state index contributed by atoms with van der Waals surface area (Å²) in [5, 5.41) is 0. The molecule has 0 bridgehead atoms. The van der Waals surface area contributed by atoms with E-state index in [0.29, 0.717) is 17.3 Å². The maximum Gasteiger partial charge on any atom is 0.175 e. The van der Waals surface area contributed by atoms with E-state index < -0.39 is 9.84 Å². The molecule has 1 saturated heterocycles. The summed E-state index contributed by atoms with van der Waals surface area (Å²) < 4.78 is 32.7. The van der Waals surface area contributed by atoms with Gasteiger partial charge in [0, 0.05) is 6.26 Å². The second-order valence-corrected chi connectivity index (χ2v) is 5.53. The van der Waals surface area contributed by atoms with Crippen molar-refractivity contribution in [3.8, 4) is 5.75 Å². The molecule has 1 aromatic carbocycles. The predicted octanol–water partition coefficient (Wildman–Crippen LogP) is 0.868. The molecule has 1 heterocycles. The summed E-state index contributed by atoms with van der Waals surface area (Å²) in [6, 6.07) is 6.38. The normalized spacial score (nSPS) is 19.9. The molecule has 82 valence electrons. The van der Waals surface area contributed by atoms with E-state index in [0.717, 1.165) is 6.61 Å². The van der Waals surface area contributed by atoms with Crippen LogP contribution in [0.25, 0.3) is 0 Å². The summed E-state index contributed by atoms with van der Waals surface area (Å²) in [7, 11) is -3.12. The van der Waals surface area contributed by atoms with Gasteiger partial charge in [-0.1, -0.05) is 0 Å². The summed E-state index contributed by atoms with van der Waals surface area (Å²) in [4.78, 5) is 0.303. The number of sulfone groups is 1. The monoisotopic (exact) mass is 228 g/mol. The Morgan fingerprint density at radius 2 is 2.00 bits per heavy atom. The van der Waals surface area contributed by atoms with Crippen LogP contribution in [0.1, 0.15) is 0 Å². The zero-order valence-corrected chi connectivity index (χ0v) is 9.16. The lowest BCUT2D eigenvalue weighted by Crippen LogP contribution is -2.04. The maximum atomic E-state index is 11.2. The molecule has 0 radical (unpaired) electrons. The molecule has 0 N–H and O–H groups in total. The molecule has 0 aromatic heterocycles. The van der Waals surface area contributed by atoms with Crippen molar-refractivity contribution >= 4 is 9.84 Å². The Morgan fingerprint density at radius 3 is 2.47 bits per heavy atom. The van der Waals surface area contributed by atoms with Crippen molar-refractivity contribution in [2.75, 3.05) is 19.5 Å². The Kier molecular flexibility index (Phi) is 2.67.